The van der Waals surface area contributed by atoms with Crippen LogP contribution >= 0.6 is 0 Å². The lowest BCUT2D eigenvalue weighted by atomic mass is 10.00. The van der Waals surface area contributed by atoms with Crippen molar-refractivity contribution in [2.75, 3.05) is 16.8 Å². The fourth-order valence-corrected chi connectivity index (χ4v) is 3.75. The Kier molecular flexibility index (Phi) is 5.71. The van der Waals surface area contributed by atoms with Crippen molar-refractivity contribution in [2.24, 2.45) is 0 Å². The second-order valence-corrected chi connectivity index (χ2v) is 7.30. The van der Waals surface area contributed by atoms with Gasteiger partial charge in [-0.25, -0.2) is 0 Å². The van der Waals surface area contributed by atoms with E-state index in [1.165, 1.54) is 0 Å². The Bertz CT molecular complexity index is 1000. The average molecular weight is 384 g/mol. The van der Waals surface area contributed by atoms with Crippen molar-refractivity contribution in [3.8, 4) is 0 Å². The number of aryl methyl sites for hydroxylation is 2. The van der Waals surface area contributed by atoms with E-state index in [1.54, 1.807) is 0 Å². The quantitative estimate of drug-likeness (QED) is 0.684. The first-order valence-corrected chi connectivity index (χ1v) is 10.0. The zero-order valence-electron chi connectivity index (χ0n) is 16.3. The van der Waals surface area contributed by atoms with Gasteiger partial charge in [-0.2, -0.15) is 0 Å². The van der Waals surface area contributed by atoms with Crippen molar-refractivity contribution in [3.05, 3.63) is 95.6 Å². The molecule has 0 aromatic heterocycles. The van der Waals surface area contributed by atoms with Crippen LogP contribution in [0.25, 0.3) is 0 Å². The Morgan fingerprint density at radius 1 is 0.897 bits per heavy atom. The molecule has 4 heteroatoms. The summed E-state index contributed by atoms with van der Waals surface area (Å²) in [6, 6.07) is 25.2. The van der Waals surface area contributed by atoms with Gasteiger partial charge in [0.15, 0.2) is 0 Å². The number of rotatable bonds is 5. The van der Waals surface area contributed by atoms with Gasteiger partial charge in [0.05, 0.1) is 0 Å². The number of nitrogens with zero attached hydrogens (tertiary/aromatic N) is 1. The number of carbonyl (C=O) groups is 2. The molecular formula is C25H24N2O2. The fourth-order valence-electron chi connectivity index (χ4n) is 3.75. The van der Waals surface area contributed by atoms with E-state index in [0.29, 0.717) is 18.5 Å². The number of hydrogen-bond donors (Lipinski definition) is 1. The van der Waals surface area contributed by atoms with Crippen LogP contribution < -0.4 is 10.2 Å². The molecule has 1 aliphatic heterocycles. The Morgan fingerprint density at radius 3 is 2.38 bits per heavy atom. The van der Waals surface area contributed by atoms with Crippen molar-refractivity contribution in [1.29, 1.82) is 0 Å². The van der Waals surface area contributed by atoms with Gasteiger partial charge in [-0.05, 0) is 60.7 Å². The van der Waals surface area contributed by atoms with Crippen LogP contribution in [-0.4, -0.2) is 18.4 Å². The van der Waals surface area contributed by atoms with Crippen LogP contribution in [0, 0.1) is 0 Å². The molecule has 0 saturated carbocycles. The summed E-state index contributed by atoms with van der Waals surface area (Å²) < 4.78 is 0. The molecule has 0 radical (unpaired) electrons. The smallest absolute Gasteiger partial charge is 0.258 e. The predicted octanol–water partition coefficient (Wildman–Crippen LogP) is 4.85. The minimum absolute atomic E-state index is 0.00169. The van der Waals surface area contributed by atoms with Crippen LogP contribution in [0.5, 0.6) is 0 Å². The lowest BCUT2D eigenvalue weighted by molar-refractivity contribution is -0.116. The summed E-state index contributed by atoms with van der Waals surface area (Å²) in [5, 5.41) is 3.00. The zero-order valence-corrected chi connectivity index (χ0v) is 16.3. The minimum atomic E-state index is 0.00169. The number of anilines is 2. The average Bonchev–Trinajstić information content (AvgIpc) is 2.78. The monoisotopic (exact) mass is 384 g/mol. The SMILES string of the molecule is O=C(CCc1ccccc1)Nc1ccc2c(c1)CCCN2C(=O)c1ccccc1. The van der Waals surface area contributed by atoms with E-state index in [9.17, 15) is 9.59 Å². The molecular weight excluding hydrogens is 360 g/mol. The third-order valence-electron chi connectivity index (χ3n) is 5.23. The van der Waals surface area contributed by atoms with E-state index in [4.69, 9.17) is 0 Å². The second kappa shape index (κ2) is 8.74. The third kappa shape index (κ3) is 4.54. The molecule has 0 aliphatic carbocycles. The molecule has 3 aromatic carbocycles. The molecule has 29 heavy (non-hydrogen) atoms. The molecule has 4 nitrogen and oxygen atoms in total. The molecule has 1 N–H and O–H groups in total. The molecule has 0 spiro atoms. The fraction of sp³-hybridized carbons (Fsp3) is 0.200. The summed E-state index contributed by atoms with van der Waals surface area (Å²) in [5.74, 6) is 0.0213. The van der Waals surface area contributed by atoms with Crippen LogP contribution in [0.15, 0.2) is 78.9 Å². The molecule has 0 unspecified atom stereocenters. The van der Waals surface area contributed by atoms with Crippen molar-refractivity contribution < 1.29 is 9.59 Å². The van der Waals surface area contributed by atoms with E-state index in [2.05, 4.69) is 5.32 Å². The molecule has 4 rings (SSSR count). The Hall–Kier alpha value is -3.40. The maximum Gasteiger partial charge on any atom is 0.258 e. The van der Waals surface area contributed by atoms with E-state index in [1.807, 2.05) is 83.8 Å². The highest BCUT2D eigenvalue weighted by Crippen LogP contribution is 2.31. The largest absolute Gasteiger partial charge is 0.326 e. The van der Waals surface area contributed by atoms with Crippen molar-refractivity contribution in [1.82, 2.24) is 0 Å². The van der Waals surface area contributed by atoms with Crippen LogP contribution in [0.3, 0.4) is 0 Å². The molecule has 1 heterocycles. The van der Waals surface area contributed by atoms with E-state index < -0.39 is 0 Å². The van der Waals surface area contributed by atoms with Gasteiger partial charge in [0.1, 0.15) is 0 Å². The second-order valence-electron chi connectivity index (χ2n) is 7.30. The molecule has 0 atom stereocenters. The molecule has 3 aromatic rings. The van der Waals surface area contributed by atoms with Gasteiger partial charge in [-0.1, -0.05) is 48.5 Å². The van der Waals surface area contributed by atoms with Gasteiger partial charge < -0.3 is 10.2 Å². The lowest BCUT2D eigenvalue weighted by Gasteiger charge is -2.30. The van der Waals surface area contributed by atoms with E-state index >= 15 is 0 Å². The number of nitrogens with one attached hydrogen (secondary N) is 1. The predicted molar refractivity (Wildman–Crippen MR) is 116 cm³/mol. The van der Waals surface area contributed by atoms with Gasteiger partial charge in [0.25, 0.3) is 5.91 Å². The van der Waals surface area contributed by atoms with Gasteiger partial charge in [-0.3, -0.25) is 9.59 Å². The summed E-state index contributed by atoms with van der Waals surface area (Å²) in [4.78, 5) is 27.1. The molecule has 0 bridgehead atoms. The van der Waals surface area contributed by atoms with Crippen molar-refractivity contribution in [2.45, 2.75) is 25.7 Å². The first-order chi connectivity index (χ1) is 14.2. The van der Waals surface area contributed by atoms with Crippen LogP contribution in [-0.2, 0) is 17.6 Å². The Balaban J connectivity index is 1.44. The maximum atomic E-state index is 12.9. The minimum Gasteiger partial charge on any atom is -0.326 e. The number of hydrogen-bond acceptors (Lipinski definition) is 2. The summed E-state index contributed by atoms with van der Waals surface area (Å²) >= 11 is 0. The zero-order chi connectivity index (χ0) is 20.1. The Morgan fingerprint density at radius 2 is 1.62 bits per heavy atom. The Labute approximate surface area is 171 Å². The third-order valence-corrected chi connectivity index (χ3v) is 5.23. The molecule has 1 aliphatic rings. The van der Waals surface area contributed by atoms with Crippen LogP contribution in [0.2, 0.25) is 0 Å². The highest BCUT2D eigenvalue weighted by molar-refractivity contribution is 6.07. The van der Waals surface area contributed by atoms with E-state index in [-0.39, 0.29) is 11.8 Å². The first kappa shape index (κ1) is 18.9. The standard InChI is InChI=1S/C25H24N2O2/c28-24(16-13-19-8-3-1-4-9-19)26-22-14-15-23-21(18-22)12-7-17-27(23)25(29)20-10-5-2-6-11-20/h1-6,8-11,14-15,18H,7,12-13,16-17H2,(H,26,28). The molecule has 0 saturated heterocycles. The highest BCUT2D eigenvalue weighted by atomic mass is 16.2. The van der Waals surface area contributed by atoms with Crippen molar-refractivity contribution >= 4 is 23.2 Å². The van der Waals surface area contributed by atoms with E-state index in [0.717, 1.165) is 41.8 Å². The first-order valence-electron chi connectivity index (χ1n) is 10.0. The number of amides is 2. The maximum absolute atomic E-state index is 12.9. The molecule has 146 valence electrons. The van der Waals surface area contributed by atoms with Gasteiger partial charge >= 0.3 is 0 Å². The van der Waals surface area contributed by atoms with Crippen molar-refractivity contribution in [3.63, 3.8) is 0 Å². The normalized spacial score (nSPS) is 12.9. The summed E-state index contributed by atoms with van der Waals surface area (Å²) in [7, 11) is 0. The molecule has 2 amide bonds. The number of benzene rings is 3. The summed E-state index contributed by atoms with van der Waals surface area (Å²) in [5.41, 5.74) is 4.67. The van der Waals surface area contributed by atoms with Crippen LogP contribution in [0.1, 0.15) is 34.3 Å². The number of carbonyl (C=O) groups excluding carboxylic acids is 2. The van der Waals surface area contributed by atoms with Gasteiger partial charge in [0.2, 0.25) is 5.91 Å². The van der Waals surface area contributed by atoms with Crippen LogP contribution in [0.4, 0.5) is 11.4 Å². The summed E-state index contributed by atoms with van der Waals surface area (Å²) in [6.45, 7) is 0.712. The lowest BCUT2D eigenvalue weighted by Crippen LogP contribution is -2.35. The topological polar surface area (TPSA) is 49.4 Å². The van der Waals surface area contributed by atoms with Gasteiger partial charge in [0, 0.05) is 29.9 Å². The van der Waals surface area contributed by atoms with Gasteiger partial charge in [-0.15, -0.1) is 0 Å². The number of fused-ring (bicyclic) bond motifs is 1. The highest BCUT2D eigenvalue weighted by Gasteiger charge is 2.23. The summed E-state index contributed by atoms with van der Waals surface area (Å²) in [6.07, 6.45) is 2.98. The molecule has 0 fully saturated rings.